The molecule has 0 aromatic heterocycles. The van der Waals surface area contributed by atoms with Gasteiger partial charge in [-0.05, 0) is 42.5 Å². The van der Waals surface area contributed by atoms with Gasteiger partial charge in [0.05, 0.1) is 33.9 Å². The lowest BCUT2D eigenvalue weighted by atomic mass is 10.1. The summed E-state index contributed by atoms with van der Waals surface area (Å²) >= 11 is 6.01. The van der Waals surface area contributed by atoms with Crippen molar-refractivity contribution >= 4 is 11.6 Å². The minimum atomic E-state index is 0.305. The highest BCUT2D eigenvalue weighted by atomic mass is 35.5. The third kappa shape index (κ3) is 4.35. The van der Waals surface area contributed by atoms with Gasteiger partial charge in [0, 0.05) is 12.1 Å². The summed E-state index contributed by atoms with van der Waals surface area (Å²) in [7, 11) is 0. The first-order valence-electron chi connectivity index (χ1n) is 7.72. The van der Waals surface area contributed by atoms with Crippen LogP contribution in [-0.4, -0.2) is 0 Å². The lowest BCUT2D eigenvalue weighted by Gasteiger charge is -2.10. The molecule has 0 heterocycles. The molecule has 0 bridgehead atoms. The van der Waals surface area contributed by atoms with E-state index < -0.39 is 0 Å². The van der Waals surface area contributed by atoms with Crippen LogP contribution in [0.25, 0.3) is 0 Å². The van der Waals surface area contributed by atoms with Crippen LogP contribution in [0.3, 0.4) is 0 Å². The molecule has 0 unspecified atom stereocenters. The van der Waals surface area contributed by atoms with Crippen LogP contribution in [0.4, 0.5) is 0 Å². The predicted octanol–water partition coefficient (Wildman–Crippen LogP) is 5.54. The number of benzene rings is 3. The van der Waals surface area contributed by atoms with Crippen LogP contribution >= 0.6 is 11.6 Å². The van der Waals surface area contributed by atoms with Gasteiger partial charge >= 0.3 is 0 Å². The Morgan fingerprint density at radius 2 is 1.22 bits per heavy atom. The summed E-state index contributed by atoms with van der Waals surface area (Å²) in [6, 6.07) is 22.2. The molecule has 0 amide bonds. The molecule has 3 aromatic carbocycles. The zero-order valence-corrected chi connectivity index (χ0v) is 14.6. The molecule has 0 saturated heterocycles. The number of nitriles is 3. The van der Waals surface area contributed by atoms with Gasteiger partial charge in [0.1, 0.15) is 29.1 Å². The minimum Gasteiger partial charge on any atom is -0.457 e. The topological polar surface area (TPSA) is 89.8 Å². The van der Waals surface area contributed by atoms with Crippen molar-refractivity contribution in [3.05, 3.63) is 82.4 Å². The monoisotopic (exact) mass is 371 g/mol. The van der Waals surface area contributed by atoms with Crippen molar-refractivity contribution in [1.82, 2.24) is 0 Å². The van der Waals surface area contributed by atoms with Crippen molar-refractivity contribution in [2.75, 3.05) is 0 Å². The Hall–Kier alpha value is -3.98. The standard InChI is InChI=1S/C21H10ClN3O2/c22-21-10-19(5-4-16(21)13-25)26-17-2-1-3-18(9-17)27-20-7-14(11-23)6-15(8-20)12-24/h1-10H. The molecule has 0 radical (unpaired) electrons. The summed E-state index contributed by atoms with van der Waals surface area (Å²) in [5, 5.41) is 27.3. The Morgan fingerprint density at radius 1 is 0.630 bits per heavy atom. The Labute approximate surface area is 160 Å². The van der Waals surface area contributed by atoms with Crippen LogP contribution in [0.2, 0.25) is 5.02 Å². The number of nitrogens with zero attached hydrogens (tertiary/aromatic N) is 3. The smallest absolute Gasteiger partial charge is 0.131 e. The summed E-state index contributed by atoms with van der Waals surface area (Å²) in [5.74, 6) is 1.84. The zero-order chi connectivity index (χ0) is 19.2. The SMILES string of the molecule is N#Cc1cc(C#N)cc(Oc2cccc(Oc3ccc(C#N)c(Cl)c3)c2)c1. The zero-order valence-electron chi connectivity index (χ0n) is 13.8. The fraction of sp³-hybridized carbons (Fsp3) is 0. The Balaban J connectivity index is 1.82. The molecule has 128 valence electrons. The first-order chi connectivity index (χ1) is 13.1. The third-order valence-corrected chi connectivity index (χ3v) is 3.82. The van der Waals surface area contributed by atoms with Crippen molar-refractivity contribution in [3.63, 3.8) is 0 Å². The molecule has 0 atom stereocenters. The predicted molar refractivity (Wildman–Crippen MR) is 98.6 cm³/mol. The molecule has 3 aromatic rings. The Bertz CT molecular complexity index is 1110. The fourth-order valence-corrected chi connectivity index (χ4v) is 2.52. The maximum atomic E-state index is 9.05. The van der Waals surface area contributed by atoms with Gasteiger partial charge in [0.15, 0.2) is 0 Å². The van der Waals surface area contributed by atoms with Crippen molar-refractivity contribution in [2.24, 2.45) is 0 Å². The molecule has 0 aliphatic carbocycles. The number of rotatable bonds is 4. The molecule has 0 aliphatic rings. The average Bonchev–Trinajstić information content (AvgIpc) is 2.68. The second-order valence-electron chi connectivity index (χ2n) is 5.40. The molecule has 0 saturated carbocycles. The van der Waals surface area contributed by atoms with Gasteiger partial charge in [0.2, 0.25) is 0 Å². The minimum absolute atomic E-state index is 0.305. The molecular weight excluding hydrogens is 362 g/mol. The van der Waals surface area contributed by atoms with Gasteiger partial charge in [-0.15, -0.1) is 0 Å². The van der Waals surface area contributed by atoms with Gasteiger partial charge < -0.3 is 9.47 Å². The molecule has 5 nitrogen and oxygen atoms in total. The van der Waals surface area contributed by atoms with E-state index in [4.69, 9.17) is 36.9 Å². The molecule has 0 aliphatic heterocycles. The van der Waals surface area contributed by atoms with E-state index in [1.54, 1.807) is 54.6 Å². The summed E-state index contributed by atoms with van der Waals surface area (Å²) in [6.07, 6.45) is 0. The van der Waals surface area contributed by atoms with Crippen LogP contribution in [0, 0.1) is 34.0 Å². The van der Waals surface area contributed by atoms with Gasteiger partial charge in [-0.25, -0.2) is 0 Å². The summed E-state index contributed by atoms with van der Waals surface area (Å²) in [5.41, 5.74) is 1.04. The maximum absolute atomic E-state index is 9.05. The lowest BCUT2D eigenvalue weighted by molar-refractivity contribution is 0.460. The van der Waals surface area contributed by atoms with E-state index in [-0.39, 0.29) is 0 Å². The van der Waals surface area contributed by atoms with E-state index in [0.29, 0.717) is 44.7 Å². The van der Waals surface area contributed by atoms with Crippen LogP contribution in [-0.2, 0) is 0 Å². The van der Waals surface area contributed by atoms with Gasteiger partial charge in [-0.3, -0.25) is 0 Å². The Kier molecular flexibility index (Phi) is 5.24. The molecule has 3 rings (SSSR count). The number of ether oxygens (including phenoxy) is 2. The van der Waals surface area contributed by atoms with Gasteiger partial charge in [-0.1, -0.05) is 17.7 Å². The van der Waals surface area contributed by atoms with Gasteiger partial charge in [0.25, 0.3) is 0 Å². The molecule has 0 spiro atoms. The average molecular weight is 372 g/mol. The summed E-state index contributed by atoms with van der Waals surface area (Å²) < 4.78 is 11.5. The lowest BCUT2D eigenvalue weighted by Crippen LogP contribution is -1.89. The van der Waals surface area contributed by atoms with Crippen LogP contribution in [0.15, 0.2) is 60.7 Å². The second-order valence-corrected chi connectivity index (χ2v) is 5.81. The molecule has 27 heavy (non-hydrogen) atoms. The van der Waals surface area contributed by atoms with Crippen molar-refractivity contribution < 1.29 is 9.47 Å². The van der Waals surface area contributed by atoms with Gasteiger partial charge in [-0.2, -0.15) is 15.8 Å². The Morgan fingerprint density at radius 3 is 1.78 bits per heavy atom. The van der Waals surface area contributed by atoms with E-state index in [9.17, 15) is 0 Å². The highest BCUT2D eigenvalue weighted by Gasteiger charge is 2.06. The van der Waals surface area contributed by atoms with Crippen molar-refractivity contribution in [1.29, 1.82) is 15.8 Å². The third-order valence-electron chi connectivity index (χ3n) is 3.50. The summed E-state index contributed by atoms with van der Waals surface area (Å²) in [6.45, 7) is 0. The van der Waals surface area contributed by atoms with E-state index in [0.717, 1.165) is 0 Å². The normalized spacial score (nSPS) is 9.56. The van der Waals surface area contributed by atoms with Crippen LogP contribution in [0.5, 0.6) is 23.0 Å². The van der Waals surface area contributed by atoms with E-state index >= 15 is 0 Å². The molecular formula is C21H10ClN3O2. The highest BCUT2D eigenvalue weighted by Crippen LogP contribution is 2.31. The van der Waals surface area contributed by atoms with Crippen LogP contribution < -0.4 is 9.47 Å². The van der Waals surface area contributed by atoms with Crippen LogP contribution in [0.1, 0.15) is 16.7 Å². The number of hydrogen-bond donors (Lipinski definition) is 0. The van der Waals surface area contributed by atoms with E-state index in [1.807, 2.05) is 18.2 Å². The highest BCUT2D eigenvalue weighted by molar-refractivity contribution is 6.31. The van der Waals surface area contributed by atoms with E-state index in [1.165, 1.54) is 6.07 Å². The summed E-state index contributed by atoms with van der Waals surface area (Å²) in [4.78, 5) is 0. The number of hydrogen-bond acceptors (Lipinski definition) is 5. The van der Waals surface area contributed by atoms with Crippen molar-refractivity contribution in [3.8, 4) is 41.2 Å². The molecule has 6 heteroatoms. The fourth-order valence-electron chi connectivity index (χ4n) is 2.31. The first kappa shape index (κ1) is 17.8. The molecule has 0 N–H and O–H groups in total. The number of halogens is 1. The second kappa shape index (κ2) is 7.93. The van der Waals surface area contributed by atoms with Crippen molar-refractivity contribution in [2.45, 2.75) is 0 Å². The van der Waals surface area contributed by atoms with E-state index in [2.05, 4.69) is 0 Å². The maximum Gasteiger partial charge on any atom is 0.131 e. The first-order valence-corrected chi connectivity index (χ1v) is 8.10. The largest absolute Gasteiger partial charge is 0.457 e. The quantitative estimate of drug-likeness (QED) is 0.600. The molecule has 0 fully saturated rings.